The van der Waals surface area contributed by atoms with E-state index in [1.807, 2.05) is 0 Å². The molecule has 7 heteroatoms. The van der Waals surface area contributed by atoms with Gasteiger partial charge in [-0.2, -0.15) is 13.2 Å². The number of hydrogen-bond donors (Lipinski definition) is 0. The molecule has 0 aliphatic carbocycles. The Balaban J connectivity index is 2.24. The minimum Gasteiger partial charge on any atom is -0.362 e. The highest BCUT2D eigenvalue weighted by molar-refractivity contribution is 9.09. The van der Waals surface area contributed by atoms with E-state index in [1.165, 1.54) is 0 Å². The van der Waals surface area contributed by atoms with Crippen molar-refractivity contribution in [2.24, 2.45) is 5.92 Å². The Hall–Kier alpha value is -0.300. The minimum absolute atomic E-state index is 0.361. The zero-order valence-corrected chi connectivity index (χ0v) is 11.8. The molecule has 0 saturated carbocycles. The first-order chi connectivity index (χ1) is 8.29. The fourth-order valence-electron chi connectivity index (χ4n) is 1.95. The zero-order valence-electron chi connectivity index (χ0n) is 10.2. The van der Waals surface area contributed by atoms with Crippen molar-refractivity contribution in [3.63, 3.8) is 0 Å². The summed E-state index contributed by atoms with van der Waals surface area (Å²) in [6, 6.07) is 0. The van der Waals surface area contributed by atoms with Crippen LogP contribution in [0.25, 0.3) is 0 Å². The van der Waals surface area contributed by atoms with Gasteiger partial charge < -0.3 is 9.64 Å². The highest BCUT2D eigenvalue weighted by atomic mass is 79.9. The second-order valence-electron chi connectivity index (χ2n) is 4.50. The average molecular weight is 332 g/mol. The van der Waals surface area contributed by atoms with Crippen LogP contribution in [0.1, 0.15) is 19.8 Å². The number of halogens is 4. The summed E-state index contributed by atoms with van der Waals surface area (Å²) in [5.41, 5.74) is 0. The molecular formula is C11H17BrF3NO2. The van der Waals surface area contributed by atoms with Gasteiger partial charge in [-0.1, -0.05) is 22.9 Å². The average Bonchev–Trinajstić information content (AvgIpc) is 2.27. The quantitative estimate of drug-likeness (QED) is 0.741. The van der Waals surface area contributed by atoms with Crippen molar-refractivity contribution in [3.8, 4) is 0 Å². The first-order valence-electron chi connectivity index (χ1n) is 5.86. The molecule has 1 heterocycles. The number of amides is 1. The molecule has 0 N–H and O–H groups in total. The van der Waals surface area contributed by atoms with Gasteiger partial charge in [0.25, 0.3) is 0 Å². The normalized spacial score (nSPS) is 19.9. The molecule has 0 aromatic heterocycles. The third kappa shape index (κ3) is 5.56. The number of piperidine rings is 1. The van der Waals surface area contributed by atoms with Gasteiger partial charge in [0.05, 0.1) is 0 Å². The number of likely N-dealkylation sites (tertiary alicyclic amines) is 1. The van der Waals surface area contributed by atoms with E-state index in [-0.39, 0.29) is 5.91 Å². The molecule has 106 valence electrons. The lowest BCUT2D eigenvalue weighted by molar-refractivity contribution is -0.178. The number of rotatable bonds is 4. The standard InChI is InChI=1S/C11H17BrF3NO2/c1-8(12)9-2-4-16(5-3-9)10(17)6-18-7-11(13,14)15/h8-9H,2-7H2,1H3. The molecule has 3 nitrogen and oxygen atoms in total. The van der Waals surface area contributed by atoms with Crippen LogP contribution < -0.4 is 0 Å². The smallest absolute Gasteiger partial charge is 0.362 e. The summed E-state index contributed by atoms with van der Waals surface area (Å²) in [4.78, 5) is 13.6. The number of alkyl halides is 4. The van der Waals surface area contributed by atoms with Crippen LogP contribution in [0.15, 0.2) is 0 Å². The molecular weight excluding hydrogens is 315 g/mol. The Labute approximate surface area is 113 Å². The SMILES string of the molecule is CC(Br)C1CCN(C(=O)COCC(F)(F)F)CC1. The van der Waals surface area contributed by atoms with Crippen LogP contribution >= 0.6 is 15.9 Å². The largest absolute Gasteiger partial charge is 0.411 e. The third-order valence-corrected chi connectivity index (χ3v) is 3.78. The number of carbonyl (C=O) groups excluding carboxylic acids is 1. The van der Waals surface area contributed by atoms with Crippen molar-refractivity contribution < 1.29 is 22.7 Å². The minimum atomic E-state index is -4.38. The maximum absolute atomic E-state index is 11.8. The second kappa shape index (κ2) is 6.75. The lowest BCUT2D eigenvalue weighted by Gasteiger charge is -2.33. The molecule has 1 amide bonds. The molecule has 1 aliphatic rings. The third-order valence-electron chi connectivity index (χ3n) is 3.03. The van der Waals surface area contributed by atoms with E-state index in [4.69, 9.17) is 0 Å². The van der Waals surface area contributed by atoms with Crippen molar-refractivity contribution in [2.45, 2.75) is 30.8 Å². The lowest BCUT2D eigenvalue weighted by atomic mass is 9.94. The summed E-state index contributed by atoms with van der Waals surface area (Å²) in [6.45, 7) is 1.39. The van der Waals surface area contributed by atoms with Crippen molar-refractivity contribution >= 4 is 21.8 Å². The van der Waals surface area contributed by atoms with Crippen LogP contribution in [0.4, 0.5) is 13.2 Å². The van der Waals surface area contributed by atoms with E-state index < -0.39 is 19.4 Å². The molecule has 0 radical (unpaired) electrons. The number of carbonyl (C=O) groups is 1. The highest BCUT2D eigenvalue weighted by Gasteiger charge is 2.29. The molecule has 1 rings (SSSR count). The van der Waals surface area contributed by atoms with E-state index in [0.717, 1.165) is 12.8 Å². The van der Waals surface area contributed by atoms with Crippen LogP contribution in [0.3, 0.4) is 0 Å². The molecule has 1 saturated heterocycles. The maximum atomic E-state index is 11.8. The van der Waals surface area contributed by atoms with Crippen molar-refractivity contribution in [3.05, 3.63) is 0 Å². The van der Waals surface area contributed by atoms with Crippen LogP contribution in [-0.4, -0.2) is 48.1 Å². The van der Waals surface area contributed by atoms with Gasteiger partial charge >= 0.3 is 6.18 Å². The fraction of sp³-hybridized carbons (Fsp3) is 0.909. The predicted molar refractivity (Wildman–Crippen MR) is 64.6 cm³/mol. The van der Waals surface area contributed by atoms with Crippen LogP contribution in [0, 0.1) is 5.92 Å². The van der Waals surface area contributed by atoms with Gasteiger partial charge in [0.1, 0.15) is 13.2 Å². The highest BCUT2D eigenvalue weighted by Crippen LogP contribution is 2.25. The fourth-order valence-corrected chi connectivity index (χ4v) is 2.48. The van der Waals surface area contributed by atoms with Gasteiger partial charge in [-0.15, -0.1) is 0 Å². The maximum Gasteiger partial charge on any atom is 0.411 e. The molecule has 1 atom stereocenters. The van der Waals surface area contributed by atoms with Crippen molar-refractivity contribution in [2.75, 3.05) is 26.3 Å². The van der Waals surface area contributed by atoms with Gasteiger partial charge in [-0.05, 0) is 18.8 Å². The van der Waals surface area contributed by atoms with Gasteiger partial charge in [-0.3, -0.25) is 4.79 Å². The molecule has 0 aromatic carbocycles. The van der Waals surface area contributed by atoms with Gasteiger partial charge in [0.15, 0.2) is 0 Å². The molecule has 0 bridgehead atoms. The predicted octanol–water partition coefficient (Wildman–Crippen LogP) is 2.59. The summed E-state index contributed by atoms with van der Waals surface area (Å²) < 4.78 is 39.9. The van der Waals surface area contributed by atoms with Gasteiger partial charge in [-0.25, -0.2) is 0 Å². The molecule has 1 aliphatic heterocycles. The lowest BCUT2D eigenvalue weighted by Crippen LogP contribution is -2.42. The van der Waals surface area contributed by atoms with E-state index in [1.54, 1.807) is 4.90 Å². The molecule has 0 spiro atoms. The monoisotopic (exact) mass is 331 g/mol. The molecule has 18 heavy (non-hydrogen) atoms. The summed E-state index contributed by atoms with van der Waals surface area (Å²) in [7, 11) is 0. The van der Waals surface area contributed by atoms with Crippen LogP contribution in [-0.2, 0) is 9.53 Å². The first kappa shape index (κ1) is 15.8. The Bertz CT molecular complexity index is 276. The van der Waals surface area contributed by atoms with Crippen molar-refractivity contribution in [1.29, 1.82) is 0 Å². The van der Waals surface area contributed by atoms with Gasteiger partial charge in [0.2, 0.25) is 5.91 Å². The van der Waals surface area contributed by atoms with Crippen LogP contribution in [0.2, 0.25) is 0 Å². The number of nitrogens with zero attached hydrogens (tertiary/aromatic N) is 1. The van der Waals surface area contributed by atoms with E-state index in [0.29, 0.717) is 23.8 Å². The number of ether oxygens (including phenoxy) is 1. The van der Waals surface area contributed by atoms with E-state index in [9.17, 15) is 18.0 Å². The second-order valence-corrected chi connectivity index (χ2v) is 5.95. The molecule has 1 unspecified atom stereocenters. The van der Waals surface area contributed by atoms with E-state index in [2.05, 4.69) is 27.6 Å². The first-order valence-corrected chi connectivity index (χ1v) is 6.77. The Morgan fingerprint density at radius 1 is 1.44 bits per heavy atom. The van der Waals surface area contributed by atoms with Gasteiger partial charge in [0, 0.05) is 17.9 Å². The Kier molecular flexibility index (Phi) is 5.91. The molecule has 1 fully saturated rings. The summed E-state index contributed by atoms with van der Waals surface area (Å²) in [6.07, 6.45) is -2.63. The molecule has 0 aromatic rings. The summed E-state index contributed by atoms with van der Waals surface area (Å²) in [5, 5.41) is 0. The summed E-state index contributed by atoms with van der Waals surface area (Å²) >= 11 is 3.50. The number of hydrogen-bond acceptors (Lipinski definition) is 2. The Morgan fingerprint density at radius 3 is 2.44 bits per heavy atom. The zero-order chi connectivity index (χ0) is 13.8. The summed E-state index contributed by atoms with van der Waals surface area (Å²) in [5.74, 6) is 0.157. The van der Waals surface area contributed by atoms with E-state index >= 15 is 0 Å². The topological polar surface area (TPSA) is 29.5 Å². The van der Waals surface area contributed by atoms with Crippen LogP contribution in [0.5, 0.6) is 0 Å². The van der Waals surface area contributed by atoms with Crippen molar-refractivity contribution in [1.82, 2.24) is 4.90 Å². The Morgan fingerprint density at radius 2 is 2.00 bits per heavy atom.